The van der Waals surface area contributed by atoms with Crippen molar-refractivity contribution in [1.29, 1.82) is 0 Å². The van der Waals surface area contributed by atoms with E-state index in [-0.39, 0.29) is 0 Å². The van der Waals surface area contributed by atoms with Gasteiger partial charge in [-0.25, -0.2) is 0 Å². The Bertz CT molecular complexity index is 1350. The van der Waals surface area contributed by atoms with Crippen LogP contribution in [0.25, 0.3) is 42.3 Å². The van der Waals surface area contributed by atoms with E-state index in [1.165, 1.54) is 25.7 Å². The lowest BCUT2D eigenvalue weighted by molar-refractivity contribution is 0.748. The molecule has 2 nitrogen and oxygen atoms in total. The molecule has 5 aromatic rings. The van der Waals surface area contributed by atoms with Crippen molar-refractivity contribution in [2.45, 2.75) is 19.3 Å². The monoisotopic (exact) mass is 438 g/mol. The van der Waals surface area contributed by atoms with E-state index in [1.807, 2.05) is 23.5 Å². The molecule has 0 amide bonds. The number of aromatic amines is 1. The van der Waals surface area contributed by atoms with Gasteiger partial charge in [0.25, 0.3) is 0 Å². The van der Waals surface area contributed by atoms with E-state index in [2.05, 4.69) is 47.4 Å². The molecule has 0 unspecified atom stereocenters. The molecule has 0 radical (unpaired) electrons. The minimum absolute atomic E-state index is 0.692. The first kappa shape index (κ1) is 19.0. The molecule has 29 heavy (non-hydrogen) atoms. The molecule has 0 aliphatic heterocycles. The van der Waals surface area contributed by atoms with Crippen molar-refractivity contribution in [2.24, 2.45) is 5.73 Å². The van der Waals surface area contributed by atoms with Gasteiger partial charge < -0.3 is 10.7 Å². The molecule has 0 atom stereocenters. The van der Waals surface area contributed by atoms with Gasteiger partial charge in [0.05, 0.1) is 15.6 Å². The summed E-state index contributed by atoms with van der Waals surface area (Å²) in [5, 5.41) is 5.04. The molecule has 3 aromatic carbocycles. The number of aromatic nitrogens is 1. The maximum Gasteiger partial charge on any atom is 0.0666 e. The molecular formula is C24H20Cl2N2S. The Balaban J connectivity index is 1.75. The molecule has 0 spiro atoms. The highest BCUT2D eigenvalue weighted by Gasteiger charge is 2.18. The highest BCUT2D eigenvalue weighted by atomic mass is 35.5. The van der Waals surface area contributed by atoms with E-state index in [0.717, 1.165) is 46.4 Å². The normalized spacial score (nSPS) is 11.8. The predicted octanol–water partition coefficient (Wildman–Crippen LogP) is 7.79. The van der Waals surface area contributed by atoms with Crippen LogP contribution in [0.2, 0.25) is 10.0 Å². The van der Waals surface area contributed by atoms with Crippen LogP contribution < -0.4 is 5.73 Å². The van der Waals surface area contributed by atoms with Crippen molar-refractivity contribution < 1.29 is 0 Å². The third-order valence-electron chi connectivity index (χ3n) is 5.50. The number of fused-ring (bicyclic) bond motifs is 4. The zero-order chi connectivity index (χ0) is 20.0. The number of unbranched alkanes of at least 4 members (excludes halogenated alkanes) is 1. The largest absolute Gasteiger partial charge is 0.353 e. The lowest BCUT2D eigenvalue weighted by atomic mass is 9.99. The van der Waals surface area contributed by atoms with E-state index in [1.54, 1.807) is 0 Å². The van der Waals surface area contributed by atoms with Crippen LogP contribution in [0, 0.1) is 0 Å². The fraction of sp³-hybridized carbons (Fsp3) is 0.167. The average Bonchev–Trinajstić information content (AvgIpc) is 3.30. The second-order valence-electron chi connectivity index (χ2n) is 7.31. The Labute approximate surface area is 183 Å². The van der Waals surface area contributed by atoms with Gasteiger partial charge in [-0.05, 0) is 67.3 Å². The number of hydrogen-bond acceptors (Lipinski definition) is 2. The summed E-state index contributed by atoms with van der Waals surface area (Å²) in [5.74, 6) is 0. The summed E-state index contributed by atoms with van der Waals surface area (Å²) in [6.45, 7) is 0.693. The van der Waals surface area contributed by atoms with Crippen molar-refractivity contribution in [2.75, 3.05) is 6.54 Å². The Morgan fingerprint density at radius 1 is 0.862 bits per heavy atom. The third-order valence-corrected chi connectivity index (χ3v) is 7.29. The first-order valence-corrected chi connectivity index (χ1v) is 11.3. The summed E-state index contributed by atoms with van der Waals surface area (Å²) >= 11 is 14.9. The lowest BCUT2D eigenvalue weighted by Gasteiger charge is -2.07. The molecule has 2 aromatic heterocycles. The molecule has 0 aliphatic rings. The Hall–Kier alpha value is -2.04. The molecule has 0 bridgehead atoms. The number of thiophene rings is 1. The van der Waals surface area contributed by atoms with E-state index >= 15 is 0 Å². The number of halogens is 2. The second-order valence-corrected chi connectivity index (χ2v) is 9.21. The first-order valence-electron chi connectivity index (χ1n) is 9.77. The van der Waals surface area contributed by atoms with Gasteiger partial charge in [0, 0.05) is 31.3 Å². The van der Waals surface area contributed by atoms with Crippen LogP contribution in [-0.2, 0) is 6.42 Å². The van der Waals surface area contributed by atoms with Crippen LogP contribution in [0.3, 0.4) is 0 Å². The van der Waals surface area contributed by atoms with Crippen LogP contribution in [0.1, 0.15) is 18.4 Å². The summed E-state index contributed by atoms with van der Waals surface area (Å²) in [6, 6.07) is 19.0. The van der Waals surface area contributed by atoms with E-state index in [9.17, 15) is 0 Å². The van der Waals surface area contributed by atoms with Gasteiger partial charge in [0.2, 0.25) is 0 Å². The maximum atomic E-state index is 6.60. The van der Waals surface area contributed by atoms with Gasteiger partial charge >= 0.3 is 0 Å². The van der Waals surface area contributed by atoms with Gasteiger partial charge in [-0.3, -0.25) is 0 Å². The van der Waals surface area contributed by atoms with Crippen LogP contribution in [-0.4, -0.2) is 11.5 Å². The number of rotatable bonds is 5. The number of nitrogens with two attached hydrogens (primary N) is 1. The summed E-state index contributed by atoms with van der Waals surface area (Å²) in [5.41, 5.74) is 10.1. The highest BCUT2D eigenvalue weighted by molar-refractivity contribution is 7.25. The fourth-order valence-electron chi connectivity index (χ4n) is 4.12. The molecule has 5 rings (SSSR count). The number of aryl methyl sites for hydroxylation is 1. The topological polar surface area (TPSA) is 41.8 Å². The minimum atomic E-state index is 0.692. The molecule has 0 fully saturated rings. The van der Waals surface area contributed by atoms with Gasteiger partial charge in [0.15, 0.2) is 0 Å². The van der Waals surface area contributed by atoms with Gasteiger partial charge in [-0.2, -0.15) is 0 Å². The van der Waals surface area contributed by atoms with Crippen molar-refractivity contribution in [3.8, 4) is 11.3 Å². The molecule has 0 saturated carbocycles. The zero-order valence-electron chi connectivity index (χ0n) is 15.8. The molecule has 3 N–H and O–H groups in total. The van der Waals surface area contributed by atoms with Gasteiger partial charge in [-0.1, -0.05) is 47.5 Å². The van der Waals surface area contributed by atoms with Crippen molar-refractivity contribution in [1.82, 2.24) is 4.98 Å². The summed E-state index contributed by atoms with van der Waals surface area (Å²) in [7, 11) is 0. The summed E-state index contributed by atoms with van der Waals surface area (Å²) in [4.78, 5) is 3.58. The molecule has 2 heterocycles. The Morgan fingerprint density at radius 2 is 1.66 bits per heavy atom. The quantitative estimate of drug-likeness (QED) is 0.270. The minimum Gasteiger partial charge on any atom is -0.353 e. The second kappa shape index (κ2) is 7.66. The first-order chi connectivity index (χ1) is 14.2. The molecule has 5 heteroatoms. The Morgan fingerprint density at radius 3 is 2.52 bits per heavy atom. The number of benzene rings is 3. The molecule has 0 aliphatic carbocycles. The third kappa shape index (κ3) is 3.23. The summed E-state index contributed by atoms with van der Waals surface area (Å²) < 4.78 is 2.61. The van der Waals surface area contributed by atoms with E-state index in [0.29, 0.717) is 11.6 Å². The van der Waals surface area contributed by atoms with Gasteiger partial charge in [-0.15, -0.1) is 11.3 Å². The fourth-order valence-corrected chi connectivity index (χ4v) is 5.68. The SMILES string of the molecule is NCCCCc1c(-c2ccc3sc4ccccc4c3c2)[nH]c2c(Cl)ccc(Cl)c12. The maximum absolute atomic E-state index is 6.60. The number of hydrogen-bond donors (Lipinski definition) is 2. The molecular weight excluding hydrogens is 419 g/mol. The van der Waals surface area contributed by atoms with Crippen LogP contribution in [0.15, 0.2) is 54.6 Å². The predicted molar refractivity (Wildman–Crippen MR) is 129 cm³/mol. The van der Waals surface area contributed by atoms with Crippen molar-refractivity contribution >= 4 is 65.6 Å². The standard InChI is InChI=1S/C24H20Cl2N2S/c25-18-9-10-19(26)24-22(18)16(6-3-4-12-27)23(28-24)14-8-11-21-17(13-14)15-5-1-2-7-20(15)29-21/h1-2,5,7-11,13,28H,3-4,6,12,27H2. The zero-order valence-corrected chi connectivity index (χ0v) is 18.1. The average molecular weight is 439 g/mol. The smallest absolute Gasteiger partial charge is 0.0666 e. The van der Waals surface area contributed by atoms with E-state index < -0.39 is 0 Å². The van der Waals surface area contributed by atoms with Crippen molar-refractivity contribution in [3.63, 3.8) is 0 Å². The number of H-pyrrole nitrogens is 1. The lowest BCUT2D eigenvalue weighted by Crippen LogP contribution is -1.99. The van der Waals surface area contributed by atoms with Crippen LogP contribution in [0.4, 0.5) is 0 Å². The van der Waals surface area contributed by atoms with Crippen LogP contribution >= 0.6 is 34.5 Å². The Kier molecular flexibility index (Phi) is 5.00. The van der Waals surface area contributed by atoms with Crippen LogP contribution in [0.5, 0.6) is 0 Å². The molecule has 0 saturated heterocycles. The van der Waals surface area contributed by atoms with Gasteiger partial charge in [0.1, 0.15) is 0 Å². The van der Waals surface area contributed by atoms with E-state index in [4.69, 9.17) is 28.9 Å². The van der Waals surface area contributed by atoms with Crippen molar-refractivity contribution in [3.05, 3.63) is 70.2 Å². The molecule has 146 valence electrons. The summed E-state index contributed by atoms with van der Waals surface area (Å²) in [6.07, 6.45) is 2.91. The number of nitrogens with one attached hydrogen (secondary N) is 1. The highest BCUT2D eigenvalue weighted by Crippen LogP contribution is 2.41.